The third-order valence-corrected chi connectivity index (χ3v) is 7.25. The molecule has 0 aliphatic carbocycles. The average Bonchev–Trinajstić information content (AvgIpc) is 3.56. The molecule has 6 rings (SSSR count). The highest BCUT2D eigenvalue weighted by atomic mass is 19.4. The van der Waals surface area contributed by atoms with E-state index in [4.69, 9.17) is 4.74 Å². The van der Waals surface area contributed by atoms with E-state index in [9.17, 15) is 22.8 Å². The van der Waals surface area contributed by atoms with Crippen molar-refractivity contribution in [2.24, 2.45) is 0 Å². The molecule has 2 aliphatic rings. The number of hydrogen-bond donors (Lipinski definition) is 2. The van der Waals surface area contributed by atoms with Crippen LogP contribution in [0.1, 0.15) is 23.1 Å². The Morgan fingerprint density at radius 2 is 1.63 bits per heavy atom. The van der Waals surface area contributed by atoms with Crippen molar-refractivity contribution in [2.75, 3.05) is 32.8 Å². The lowest BCUT2D eigenvalue weighted by Gasteiger charge is -2.26. The number of nitrogens with one attached hydrogen (secondary N) is 2. The van der Waals surface area contributed by atoms with E-state index in [1.165, 1.54) is 6.07 Å². The minimum absolute atomic E-state index is 0.0478. The van der Waals surface area contributed by atoms with E-state index in [1.54, 1.807) is 35.2 Å². The van der Waals surface area contributed by atoms with Crippen molar-refractivity contribution >= 4 is 44.8 Å². The lowest BCUT2D eigenvalue weighted by atomic mass is 9.94. The van der Waals surface area contributed by atoms with Gasteiger partial charge in [0.2, 0.25) is 0 Å². The molecule has 0 unspecified atom stereocenters. The first-order chi connectivity index (χ1) is 18.3. The predicted octanol–water partition coefficient (Wildman–Crippen LogP) is 4.43. The van der Waals surface area contributed by atoms with Gasteiger partial charge >= 0.3 is 6.18 Å². The maximum absolute atomic E-state index is 14.2. The van der Waals surface area contributed by atoms with Crippen molar-refractivity contribution in [3.05, 3.63) is 71.5 Å². The van der Waals surface area contributed by atoms with Gasteiger partial charge < -0.3 is 14.3 Å². The van der Waals surface area contributed by atoms with E-state index in [1.807, 2.05) is 12.1 Å². The van der Waals surface area contributed by atoms with Gasteiger partial charge in [-0.05, 0) is 24.6 Å². The molecule has 0 spiro atoms. The van der Waals surface area contributed by atoms with Gasteiger partial charge in [-0.15, -0.1) is 0 Å². The SMILES string of the molecule is O=C1NC(=O)C(c2cn(CCCN3CCOCC3)c3cccc(C(F)(F)F)c23)=C1c1c[nH]c2ccccc12. The predicted molar refractivity (Wildman–Crippen MR) is 137 cm³/mol. The van der Waals surface area contributed by atoms with E-state index in [0.717, 1.165) is 31.2 Å². The normalized spacial score (nSPS) is 17.2. The number of rotatable bonds is 6. The summed E-state index contributed by atoms with van der Waals surface area (Å²) in [6.07, 6.45) is -0.736. The molecule has 2 amide bonds. The fourth-order valence-electron chi connectivity index (χ4n) is 5.50. The van der Waals surface area contributed by atoms with Crippen molar-refractivity contribution in [2.45, 2.75) is 19.1 Å². The Kier molecular flexibility index (Phi) is 6.08. The Bertz CT molecular complexity index is 1590. The number of H-pyrrole nitrogens is 1. The third kappa shape index (κ3) is 4.19. The van der Waals surface area contributed by atoms with Crippen LogP contribution in [0.3, 0.4) is 0 Å². The number of aromatic nitrogens is 2. The number of amides is 2. The number of alkyl halides is 3. The summed E-state index contributed by atoms with van der Waals surface area (Å²) in [5.41, 5.74) is 0.873. The Morgan fingerprint density at radius 1 is 0.895 bits per heavy atom. The molecule has 1 fully saturated rings. The van der Waals surface area contributed by atoms with Crippen LogP contribution in [-0.4, -0.2) is 59.1 Å². The van der Waals surface area contributed by atoms with Crippen molar-refractivity contribution in [3.8, 4) is 0 Å². The molecule has 2 aromatic carbocycles. The third-order valence-electron chi connectivity index (χ3n) is 7.25. The Hall–Kier alpha value is -3.89. The zero-order valence-corrected chi connectivity index (χ0v) is 20.4. The number of imide groups is 1. The second-order valence-electron chi connectivity index (χ2n) is 9.52. The first kappa shape index (κ1) is 24.4. The molecule has 2 aliphatic heterocycles. The number of aryl methyl sites for hydroxylation is 1. The molecule has 4 heterocycles. The van der Waals surface area contributed by atoms with Crippen LogP contribution in [0.15, 0.2) is 54.9 Å². The second-order valence-corrected chi connectivity index (χ2v) is 9.52. The van der Waals surface area contributed by atoms with Crippen molar-refractivity contribution < 1.29 is 27.5 Å². The second kappa shape index (κ2) is 9.45. The molecule has 0 atom stereocenters. The van der Waals surface area contributed by atoms with Crippen LogP contribution in [0.5, 0.6) is 0 Å². The number of aromatic amines is 1. The molecular weight excluding hydrogens is 497 g/mol. The standard InChI is InChI=1S/C28H25F3N4O3/c29-28(30,31)20-6-3-8-22-23(20)19(16-35(22)10-4-9-34-11-13-38-14-12-34)25-24(26(36)33-27(25)37)18-15-32-21-7-2-1-5-17(18)21/h1-3,5-8,15-16,32H,4,9-14H2,(H,33,36,37). The lowest BCUT2D eigenvalue weighted by Crippen LogP contribution is -2.37. The minimum atomic E-state index is -4.64. The van der Waals surface area contributed by atoms with Crippen LogP contribution in [0.4, 0.5) is 13.2 Å². The molecule has 2 N–H and O–H groups in total. The molecule has 7 nitrogen and oxygen atoms in total. The van der Waals surface area contributed by atoms with Crippen LogP contribution in [0.2, 0.25) is 0 Å². The molecule has 38 heavy (non-hydrogen) atoms. The number of ether oxygens (including phenoxy) is 1. The number of halogens is 3. The summed E-state index contributed by atoms with van der Waals surface area (Å²) in [6, 6.07) is 11.3. The van der Waals surface area contributed by atoms with E-state index in [-0.39, 0.29) is 22.1 Å². The number of para-hydroxylation sites is 1. The zero-order chi connectivity index (χ0) is 26.4. The number of carbonyl (C=O) groups is 2. The quantitative estimate of drug-likeness (QED) is 0.367. The van der Waals surface area contributed by atoms with Gasteiger partial charge in [0, 0.05) is 71.5 Å². The molecule has 0 bridgehead atoms. The Morgan fingerprint density at radius 3 is 2.39 bits per heavy atom. The number of benzene rings is 2. The van der Waals surface area contributed by atoms with Crippen LogP contribution in [-0.2, 0) is 27.0 Å². The Balaban J connectivity index is 1.51. The van der Waals surface area contributed by atoms with Crippen molar-refractivity contribution in [1.29, 1.82) is 0 Å². The van der Waals surface area contributed by atoms with Gasteiger partial charge in [0.15, 0.2) is 0 Å². The molecule has 0 radical (unpaired) electrons. The van der Waals surface area contributed by atoms with Crippen LogP contribution >= 0.6 is 0 Å². The van der Waals surface area contributed by atoms with Crippen LogP contribution < -0.4 is 5.32 Å². The molecule has 2 aromatic heterocycles. The highest BCUT2D eigenvalue weighted by Gasteiger charge is 2.39. The van der Waals surface area contributed by atoms with E-state index < -0.39 is 23.6 Å². The molecule has 0 saturated carbocycles. The highest BCUT2D eigenvalue weighted by molar-refractivity contribution is 6.50. The lowest BCUT2D eigenvalue weighted by molar-refractivity contribution is -0.136. The monoisotopic (exact) mass is 522 g/mol. The van der Waals surface area contributed by atoms with E-state index >= 15 is 0 Å². The van der Waals surface area contributed by atoms with Gasteiger partial charge in [-0.2, -0.15) is 13.2 Å². The van der Waals surface area contributed by atoms with Crippen molar-refractivity contribution in [3.63, 3.8) is 0 Å². The van der Waals surface area contributed by atoms with Gasteiger partial charge in [-0.3, -0.25) is 19.8 Å². The summed E-state index contributed by atoms with van der Waals surface area (Å²) in [5.74, 6) is -1.34. The Labute approximate surface area is 215 Å². The average molecular weight is 523 g/mol. The first-order valence-corrected chi connectivity index (χ1v) is 12.5. The molecule has 1 saturated heterocycles. The van der Waals surface area contributed by atoms with Gasteiger partial charge in [-0.25, -0.2) is 0 Å². The van der Waals surface area contributed by atoms with Crippen LogP contribution in [0.25, 0.3) is 33.0 Å². The summed E-state index contributed by atoms with van der Waals surface area (Å²) >= 11 is 0. The smallest absolute Gasteiger partial charge is 0.379 e. The summed E-state index contributed by atoms with van der Waals surface area (Å²) < 4.78 is 49.8. The summed E-state index contributed by atoms with van der Waals surface area (Å²) in [7, 11) is 0. The van der Waals surface area contributed by atoms with Gasteiger partial charge in [0.05, 0.1) is 29.9 Å². The molecule has 4 aromatic rings. The summed E-state index contributed by atoms with van der Waals surface area (Å²) in [6.45, 7) is 4.21. The molecule has 10 heteroatoms. The maximum Gasteiger partial charge on any atom is 0.417 e. The van der Waals surface area contributed by atoms with E-state index in [2.05, 4.69) is 15.2 Å². The minimum Gasteiger partial charge on any atom is -0.379 e. The zero-order valence-electron chi connectivity index (χ0n) is 20.4. The van der Waals surface area contributed by atoms with Crippen LogP contribution in [0, 0.1) is 0 Å². The number of hydrogen-bond acceptors (Lipinski definition) is 4. The van der Waals surface area contributed by atoms with Gasteiger partial charge in [0.1, 0.15) is 0 Å². The van der Waals surface area contributed by atoms with Gasteiger partial charge in [0.25, 0.3) is 11.8 Å². The summed E-state index contributed by atoms with van der Waals surface area (Å²) in [5, 5.41) is 2.94. The molecular formula is C28H25F3N4O3. The number of nitrogens with zero attached hydrogens (tertiary/aromatic N) is 2. The number of carbonyl (C=O) groups excluding carboxylic acids is 2. The first-order valence-electron chi connectivity index (χ1n) is 12.5. The van der Waals surface area contributed by atoms with Gasteiger partial charge in [-0.1, -0.05) is 24.3 Å². The number of morpholine rings is 1. The fourth-order valence-corrected chi connectivity index (χ4v) is 5.50. The highest BCUT2D eigenvalue weighted by Crippen LogP contribution is 2.43. The fraction of sp³-hybridized carbons (Fsp3) is 0.286. The number of fused-ring (bicyclic) bond motifs is 2. The summed E-state index contributed by atoms with van der Waals surface area (Å²) in [4.78, 5) is 31.5. The van der Waals surface area contributed by atoms with Crippen molar-refractivity contribution in [1.82, 2.24) is 19.8 Å². The largest absolute Gasteiger partial charge is 0.417 e. The van der Waals surface area contributed by atoms with E-state index in [0.29, 0.717) is 42.6 Å². The molecule has 196 valence electrons. The topological polar surface area (TPSA) is 79.4 Å². The maximum atomic E-state index is 14.2.